The third-order valence-electron chi connectivity index (χ3n) is 6.40. The number of hydrogen-bond donors (Lipinski definition) is 3. The van der Waals surface area contributed by atoms with E-state index in [1.807, 2.05) is 72.5 Å². The van der Waals surface area contributed by atoms with Gasteiger partial charge in [-0.3, -0.25) is 14.4 Å². The van der Waals surface area contributed by atoms with Crippen molar-refractivity contribution < 1.29 is 23.9 Å². The summed E-state index contributed by atoms with van der Waals surface area (Å²) in [4.78, 5) is 40.9. The molecule has 0 radical (unpaired) electrons. The van der Waals surface area contributed by atoms with Gasteiger partial charge in [0, 0.05) is 17.7 Å². The van der Waals surface area contributed by atoms with E-state index >= 15 is 0 Å². The molecule has 9 nitrogen and oxygen atoms in total. The van der Waals surface area contributed by atoms with Crippen LogP contribution in [0.4, 0.5) is 0 Å². The molecule has 4 rings (SSSR count). The van der Waals surface area contributed by atoms with E-state index < -0.39 is 6.04 Å². The van der Waals surface area contributed by atoms with Crippen LogP contribution in [0.5, 0.6) is 0 Å². The standard InChI is InChI=1S/C27H32N4O3.CH2O2/c1-4-21(29-25(32)18(2)28-3)27(33)31-17-11-16-22(31)26-30-23(19-12-7-5-8-13-19)24(34-26)20-14-9-6-10-15-20;2-1-3/h5-10,12-15,18,21-22,28H,4,11,16-17H2,1-3H3,(H,29,32);1H,(H,2,3)/t18-,21-,22-;/m0./s1. The third-order valence-corrected chi connectivity index (χ3v) is 6.40. The van der Waals surface area contributed by atoms with E-state index in [0.29, 0.717) is 24.6 Å². The molecule has 0 aliphatic carbocycles. The maximum absolute atomic E-state index is 13.5. The lowest BCUT2D eigenvalue weighted by atomic mass is 10.1. The van der Waals surface area contributed by atoms with Crippen LogP contribution in [0.1, 0.15) is 45.0 Å². The van der Waals surface area contributed by atoms with Gasteiger partial charge in [-0.15, -0.1) is 0 Å². The molecule has 1 aromatic heterocycles. The van der Waals surface area contributed by atoms with Crippen molar-refractivity contribution in [2.75, 3.05) is 13.6 Å². The lowest BCUT2D eigenvalue weighted by molar-refractivity contribution is -0.138. The second kappa shape index (κ2) is 13.4. The van der Waals surface area contributed by atoms with Crippen molar-refractivity contribution in [3.8, 4) is 22.6 Å². The maximum atomic E-state index is 13.5. The average Bonchev–Trinajstić information content (AvgIpc) is 3.60. The predicted octanol–water partition coefficient (Wildman–Crippen LogP) is 3.88. The van der Waals surface area contributed by atoms with Crippen molar-refractivity contribution in [3.05, 3.63) is 66.6 Å². The van der Waals surface area contributed by atoms with Crippen molar-refractivity contribution in [1.29, 1.82) is 0 Å². The minimum Gasteiger partial charge on any atom is -0.483 e. The Morgan fingerprint density at radius 1 is 1.14 bits per heavy atom. The summed E-state index contributed by atoms with van der Waals surface area (Å²) in [5.74, 6) is 0.951. The van der Waals surface area contributed by atoms with Gasteiger partial charge >= 0.3 is 0 Å². The Bertz CT molecular complexity index is 1110. The van der Waals surface area contributed by atoms with Gasteiger partial charge in [-0.2, -0.15) is 0 Å². The number of nitrogens with zero attached hydrogens (tertiary/aromatic N) is 2. The molecule has 2 aromatic carbocycles. The van der Waals surface area contributed by atoms with E-state index in [1.54, 1.807) is 14.0 Å². The van der Waals surface area contributed by atoms with Crippen molar-refractivity contribution in [1.82, 2.24) is 20.5 Å². The molecule has 3 atom stereocenters. The van der Waals surface area contributed by atoms with E-state index in [0.717, 1.165) is 29.7 Å². The van der Waals surface area contributed by atoms with E-state index in [1.165, 1.54) is 0 Å². The van der Waals surface area contributed by atoms with E-state index in [9.17, 15) is 9.59 Å². The van der Waals surface area contributed by atoms with Gasteiger partial charge in [0.1, 0.15) is 17.8 Å². The van der Waals surface area contributed by atoms with Crippen molar-refractivity contribution >= 4 is 18.3 Å². The molecule has 2 heterocycles. The number of nitrogens with one attached hydrogen (secondary N) is 2. The molecule has 196 valence electrons. The third kappa shape index (κ3) is 6.62. The van der Waals surface area contributed by atoms with Crippen LogP contribution in [0.2, 0.25) is 0 Å². The van der Waals surface area contributed by atoms with Crippen LogP contribution in [0.15, 0.2) is 65.1 Å². The van der Waals surface area contributed by atoms with E-state index in [4.69, 9.17) is 19.3 Å². The normalized spacial score (nSPS) is 16.3. The monoisotopic (exact) mass is 506 g/mol. The van der Waals surface area contributed by atoms with Crippen LogP contribution >= 0.6 is 0 Å². The van der Waals surface area contributed by atoms with Crippen LogP contribution in [0.25, 0.3) is 22.6 Å². The van der Waals surface area contributed by atoms with Gasteiger partial charge in [0.15, 0.2) is 5.76 Å². The molecule has 0 bridgehead atoms. The number of carboxylic acid groups (broad SMARTS) is 1. The molecule has 0 unspecified atom stereocenters. The van der Waals surface area contributed by atoms with Crippen LogP contribution in [-0.2, 0) is 14.4 Å². The number of carbonyl (C=O) groups is 3. The van der Waals surface area contributed by atoms with Gasteiger partial charge in [-0.05, 0) is 33.2 Å². The maximum Gasteiger partial charge on any atom is 0.290 e. The lowest BCUT2D eigenvalue weighted by Crippen LogP contribution is -2.52. The minimum atomic E-state index is -0.582. The molecular formula is C28H34N4O5. The summed E-state index contributed by atoms with van der Waals surface area (Å²) >= 11 is 0. The van der Waals surface area contributed by atoms with Crippen LogP contribution in [-0.4, -0.2) is 59.0 Å². The Labute approximate surface area is 216 Å². The summed E-state index contributed by atoms with van der Waals surface area (Å²) in [7, 11) is 1.72. The number of carbonyl (C=O) groups excluding carboxylic acids is 2. The highest BCUT2D eigenvalue weighted by atomic mass is 16.4. The number of aromatic nitrogens is 1. The summed E-state index contributed by atoms with van der Waals surface area (Å²) in [6, 6.07) is 18.6. The minimum absolute atomic E-state index is 0.0950. The van der Waals surface area contributed by atoms with Crippen LogP contribution in [0, 0.1) is 0 Å². The summed E-state index contributed by atoms with van der Waals surface area (Å²) in [6.07, 6.45) is 2.14. The Morgan fingerprint density at radius 3 is 2.30 bits per heavy atom. The Balaban J connectivity index is 0.00000121. The molecule has 2 amide bonds. The Hall–Kier alpha value is -3.98. The molecule has 1 aliphatic heterocycles. The van der Waals surface area contributed by atoms with Gasteiger partial charge in [0.05, 0.1) is 6.04 Å². The Kier molecular flexibility index (Phi) is 9.97. The highest BCUT2D eigenvalue weighted by Crippen LogP contribution is 2.39. The van der Waals surface area contributed by atoms with Gasteiger partial charge < -0.3 is 25.1 Å². The second-order valence-electron chi connectivity index (χ2n) is 8.74. The molecule has 1 aliphatic rings. The fraction of sp³-hybridized carbons (Fsp3) is 0.357. The first-order valence-electron chi connectivity index (χ1n) is 12.4. The van der Waals surface area contributed by atoms with Crippen LogP contribution < -0.4 is 10.6 Å². The molecule has 3 N–H and O–H groups in total. The topological polar surface area (TPSA) is 125 Å². The number of likely N-dealkylation sites (N-methyl/N-ethyl adjacent to an activating group) is 1. The molecule has 0 saturated carbocycles. The molecule has 0 spiro atoms. The van der Waals surface area contributed by atoms with E-state index in [-0.39, 0.29) is 30.4 Å². The molecule has 1 saturated heterocycles. The summed E-state index contributed by atoms with van der Waals surface area (Å²) in [6.45, 7) is 4.04. The van der Waals surface area contributed by atoms with Gasteiger partial charge in [0.2, 0.25) is 17.7 Å². The SMILES string of the molecule is CC[C@H](NC(=O)[C@H](C)NC)C(=O)N1CCC[C@H]1c1nc(-c2ccccc2)c(-c2ccccc2)o1.O=CO. The van der Waals surface area contributed by atoms with Crippen molar-refractivity contribution in [2.24, 2.45) is 0 Å². The number of amides is 2. The first-order valence-corrected chi connectivity index (χ1v) is 12.4. The molecular weight excluding hydrogens is 472 g/mol. The number of hydrogen-bond acceptors (Lipinski definition) is 6. The first-order chi connectivity index (χ1) is 17.9. The zero-order valence-corrected chi connectivity index (χ0v) is 21.4. The lowest BCUT2D eigenvalue weighted by Gasteiger charge is -2.28. The van der Waals surface area contributed by atoms with Gasteiger partial charge in [-0.1, -0.05) is 67.6 Å². The van der Waals surface area contributed by atoms with Crippen LogP contribution in [0.3, 0.4) is 0 Å². The van der Waals surface area contributed by atoms with Crippen molar-refractivity contribution in [3.63, 3.8) is 0 Å². The summed E-state index contributed by atoms with van der Waals surface area (Å²) < 4.78 is 6.37. The quantitative estimate of drug-likeness (QED) is 0.396. The van der Waals surface area contributed by atoms with Gasteiger partial charge in [-0.25, -0.2) is 4.98 Å². The first kappa shape index (κ1) is 27.6. The molecule has 37 heavy (non-hydrogen) atoms. The largest absolute Gasteiger partial charge is 0.483 e. The number of rotatable bonds is 8. The highest BCUT2D eigenvalue weighted by Gasteiger charge is 2.37. The molecule has 9 heteroatoms. The summed E-state index contributed by atoms with van der Waals surface area (Å²) in [5, 5.41) is 12.7. The molecule has 3 aromatic rings. The van der Waals surface area contributed by atoms with E-state index in [2.05, 4.69) is 10.6 Å². The zero-order chi connectivity index (χ0) is 26.8. The zero-order valence-electron chi connectivity index (χ0n) is 21.4. The predicted molar refractivity (Wildman–Crippen MR) is 140 cm³/mol. The fourth-order valence-electron chi connectivity index (χ4n) is 4.31. The average molecular weight is 507 g/mol. The van der Waals surface area contributed by atoms with Crippen molar-refractivity contribution in [2.45, 2.75) is 51.2 Å². The fourth-order valence-corrected chi connectivity index (χ4v) is 4.31. The number of benzene rings is 2. The smallest absolute Gasteiger partial charge is 0.290 e. The van der Waals surface area contributed by atoms with Gasteiger partial charge in [0.25, 0.3) is 6.47 Å². The molecule has 1 fully saturated rings. The number of oxazole rings is 1. The Morgan fingerprint density at radius 2 is 1.73 bits per heavy atom. The highest BCUT2D eigenvalue weighted by molar-refractivity contribution is 5.90. The number of likely N-dealkylation sites (tertiary alicyclic amines) is 1. The second-order valence-corrected chi connectivity index (χ2v) is 8.74. The summed E-state index contributed by atoms with van der Waals surface area (Å²) in [5.41, 5.74) is 2.67.